The van der Waals surface area contributed by atoms with Crippen molar-refractivity contribution in [2.24, 2.45) is 0 Å². The summed E-state index contributed by atoms with van der Waals surface area (Å²) in [7, 11) is 0. The van der Waals surface area contributed by atoms with E-state index in [1.54, 1.807) is 0 Å². The summed E-state index contributed by atoms with van der Waals surface area (Å²) in [6.45, 7) is 6.59. The molecule has 0 aromatic heterocycles. The van der Waals surface area contributed by atoms with Crippen LogP contribution < -0.4 is 0 Å². The average molecular weight is 264 g/mol. The fourth-order valence-corrected chi connectivity index (χ4v) is 2.79. The van der Waals surface area contributed by atoms with E-state index in [9.17, 15) is 5.11 Å². The van der Waals surface area contributed by atoms with Crippen molar-refractivity contribution in [3.63, 3.8) is 0 Å². The molecule has 0 bridgehead atoms. The van der Waals surface area contributed by atoms with Crippen LogP contribution in [0.5, 0.6) is 5.75 Å². The minimum atomic E-state index is 0.0876. The number of hydrogen-bond acceptors (Lipinski definition) is 1. The minimum Gasteiger partial charge on any atom is -0.508 e. The van der Waals surface area contributed by atoms with Gasteiger partial charge in [-0.3, -0.25) is 0 Å². The molecule has 1 nitrogen and oxygen atoms in total. The number of fused-ring (bicyclic) bond motifs is 1. The Balaban J connectivity index is 2.10. The van der Waals surface area contributed by atoms with Crippen molar-refractivity contribution in [2.45, 2.75) is 32.1 Å². The van der Waals surface area contributed by atoms with Crippen LogP contribution in [0.3, 0.4) is 0 Å². The van der Waals surface area contributed by atoms with Crippen molar-refractivity contribution in [1.82, 2.24) is 0 Å². The van der Waals surface area contributed by atoms with Crippen LogP contribution in [0, 0.1) is 0 Å². The minimum absolute atomic E-state index is 0.0876. The van der Waals surface area contributed by atoms with Crippen molar-refractivity contribution in [3.8, 4) is 5.75 Å². The third-order valence-corrected chi connectivity index (χ3v) is 4.03. The average Bonchev–Trinajstić information content (AvgIpc) is 2.82. The molecular formula is C19H20O. The maximum atomic E-state index is 10.3. The summed E-state index contributed by atoms with van der Waals surface area (Å²) in [6, 6.07) is 14.4. The summed E-state index contributed by atoms with van der Waals surface area (Å²) in [5.74, 6) is 0.540. The first-order valence-corrected chi connectivity index (χ1v) is 7.07. The Morgan fingerprint density at radius 1 is 0.950 bits per heavy atom. The molecule has 0 amide bonds. The fourth-order valence-electron chi connectivity index (χ4n) is 2.79. The molecule has 2 aromatic carbocycles. The van der Waals surface area contributed by atoms with Gasteiger partial charge in [0.05, 0.1) is 0 Å². The molecule has 1 N–H and O–H groups in total. The molecule has 0 spiro atoms. The lowest BCUT2D eigenvalue weighted by Crippen LogP contribution is -2.11. The van der Waals surface area contributed by atoms with Crippen molar-refractivity contribution in [3.05, 3.63) is 70.8 Å². The van der Waals surface area contributed by atoms with E-state index >= 15 is 0 Å². The zero-order valence-corrected chi connectivity index (χ0v) is 12.2. The van der Waals surface area contributed by atoms with Crippen LogP contribution in [0.25, 0.3) is 6.08 Å². The zero-order chi connectivity index (χ0) is 14.3. The lowest BCUT2D eigenvalue weighted by Gasteiger charge is -2.22. The smallest absolute Gasteiger partial charge is 0.119 e. The highest BCUT2D eigenvalue weighted by Gasteiger charge is 2.23. The number of hydrogen-bond donors (Lipinski definition) is 1. The molecule has 1 aliphatic rings. The Hall–Kier alpha value is -2.02. The Morgan fingerprint density at radius 2 is 1.70 bits per heavy atom. The molecule has 0 saturated carbocycles. The number of benzene rings is 2. The zero-order valence-electron chi connectivity index (χ0n) is 12.2. The maximum absolute atomic E-state index is 10.3. The van der Waals surface area contributed by atoms with E-state index in [0.29, 0.717) is 5.75 Å². The Bertz CT molecular complexity index is 674. The van der Waals surface area contributed by atoms with E-state index in [0.717, 1.165) is 5.56 Å². The third-order valence-electron chi connectivity index (χ3n) is 4.03. The van der Waals surface area contributed by atoms with Gasteiger partial charge in [-0.05, 0) is 28.2 Å². The van der Waals surface area contributed by atoms with Gasteiger partial charge in [-0.25, -0.2) is 0 Å². The summed E-state index contributed by atoms with van der Waals surface area (Å²) in [4.78, 5) is 0. The van der Waals surface area contributed by atoms with Gasteiger partial charge in [0.1, 0.15) is 5.75 Å². The van der Waals surface area contributed by atoms with Crippen LogP contribution in [-0.4, -0.2) is 5.11 Å². The molecule has 1 atom stereocenters. The van der Waals surface area contributed by atoms with Crippen LogP contribution in [-0.2, 0) is 5.41 Å². The summed E-state index contributed by atoms with van der Waals surface area (Å²) in [5, 5.41) is 10.3. The van der Waals surface area contributed by atoms with E-state index in [4.69, 9.17) is 0 Å². The predicted molar refractivity (Wildman–Crippen MR) is 84.1 cm³/mol. The topological polar surface area (TPSA) is 20.2 Å². The molecule has 102 valence electrons. The molecule has 0 fully saturated rings. The predicted octanol–water partition coefficient (Wildman–Crippen LogP) is 4.85. The van der Waals surface area contributed by atoms with Crippen LogP contribution >= 0.6 is 0 Å². The van der Waals surface area contributed by atoms with Crippen LogP contribution in [0.2, 0.25) is 0 Å². The molecule has 1 unspecified atom stereocenters. The highest BCUT2D eigenvalue weighted by atomic mass is 16.3. The standard InChI is InChI=1S/C19H20O/c1-19(2,3)14-9-11-18(20)17(12-14)16-10-8-13-6-4-5-7-15(13)16/h4-12,16,20H,1-3H3. The van der Waals surface area contributed by atoms with Gasteiger partial charge in [0, 0.05) is 11.5 Å². The number of phenolic OH excluding ortho intramolecular Hbond substituents is 1. The monoisotopic (exact) mass is 264 g/mol. The van der Waals surface area contributed by atoms with E-state index in [1.807, 2.05) is 12.1 Å². The number of phenols is 1. The SMILES string of the molecule is CC(C)(C)c1ccc(O)c(C2C=Cc3ccccc32)c1. The van der Waals surface area contributed by atoms with Gasteiger partial charge in [0.25, 0.3) is 0 Å². The molecule has 2 aromatic rings. The van der Waals surface area contributed by atoms with E-state index in [-0.39, 0.29) is 11.3 Å². The highest BCUT2D eigenvalue weighted by molar-refractivity contribution is 5.66. The first-order chi connectivity index (χ1) is 9.47. The van der Waals surface area contributed by atoms with E-state index in [2.05, 4.69) is 63.3 Å². The quantitative estimate of drug-likeness (QED) is 0.780. The Morgan fingerprint density at radius 3 is 2.45 bits per heavy atom. The second-order valence-electron chi connectivity index (χ2n) is 6.49. The maximum Gasteiger partial charge on any atom is 0.119 e. The Kier molecular flexibility index (Phi) is 2.93. The number of aromatic hydroxyl groups is 1. The molecule has 1 heteroatoms. The first kappa shape index (κ1) is 13.0. The first-order valence-electron chi connectivity index (χ1n) is 7.07. The van der Waals surface area contributed by atoms with E-state index < -0.39 is 0 Å². The van der Waals surface area contributed by atoms with Crippen LogP contribution in [0.4, 0.5) is 0 Å². The van der Waals surface area contributed by atoms with Crippen molar-refractivity contribution in [2.75, 3.05) is 0 Å². The van der Waals surface area contributed by atoms with Gasteiger partial charge in [0.15, 0.2) is 0 Å². The fraction of sp³-hybridized carbons (Fsp3) is 0.263. The van der Waals surface area contributed by atoms with Gasteiger partial charge < -0.3 is 5.11 Å². The summed E-state index contributed by atoms with van der Waals surface area (Å²) in [6.07, 6.45) is 4.31. The van der Waals surface area contributed by atoms with Crippen LogP contribution in [0.1, 0.15) is 48.9 Å². The highest BCUT2D eigenvalue weighted by Crippen LogP contribution is 2.40. The normalized spacial score (nSPS) is 17.2. The van der Waals surface area contributed by atoms with Crippen molar-refractivity contribution < 1.29 is 5.11 Å². The third kappa shape index (κ3) is 2.14. The molecule has 0 heterocycles. The molecule has 3 rings (SSSR count). The largest absolute Gasteiger partial charge is 0.508 e. The lowest BCUT2D eigenvalue weighted by molar-refractivity contribution is 0.466. The molecule has 0 aliphatic heterocycles. The molecule has 0 radical (unpaired) electrons. The number of allylic oxidation sites excluding steroid dienone is 1. The molecular weight excluding hydrogens is 244 g/mol. The Labute approximate surface area is 120 Å². The van der Waals surface area contributed by atoms with Gasteiger partial charge in [-0.1, -0.05) is 69.3 Å². The van der Waals surface area contributed by atoms with Crippen molar-refractivity contribution in [1.29, 1.82) is 0 Å². The summed E-state index contributed by atoms with van der Waals surface area (Å²) < 4.78 is 0. The second kappa shape index (κ2) is 4.52. The molecule has 1 aliphatic carbocycles. The van der Waals surface area contributed by atoms with Crippen molar-refractivity contribution >= 4 is 6.08 Å². The molecule has 0 saturated heterocycles. The van der Waals surface area contributed by atoms with E-state index in [1.165, 1.54) is 16.7 Å². The lowest BCUT2D eigenvalue weighted by atomic mass is 9.83. The van der Waals surface area contributed by atoms with Gasteiger partial charge in [-0.2, -0.15) is 0 Å². The van der Waals surface area contributed by atoms with Gasteiger partial charge in [0.2, 0.25) is 0 Å². The van der Waals surface area contributed by atoms with Gasteiger partial charge in [-0.15, -0.1) is 0 Å². The van der Waals surface area contributed by atoms with Gasteiger partial charge >= 0.3 is 0 Å². The summed E-state index contributed by atoms with van der Waals surface area (Å²) in [5.41, 5.74) is 4.86. The number of rotatable bonds is 1. The second-order valence-corrected chi connectivity index (χ2v) is 6.49. The summed E-state index contributed by atoms with van der Waals surface area (Å²) >= 11 is 0. The molecule has 20 heavy (non-hydrogen) atoms. The van der Waals surface area contributed by atoms with Crippen LogP contribution in [0.15, 0.2) is 48.5 Å².